The molecule has 7 nitrogen and oxygen atoms in total. The molecule has 1 fully saturated rings. The van der Waals surface area contributed by atoms with Gasteiger partial charge in [-0.3, -0.25) is 9.69 Å². The molecule has 0 radical (unpaired) electrons. The Morgan fingerprint density at radius 3 is 2.77 bits per heavy atom. The highest BCUT2D eigenvalue weighted by atomic mass is 32.1. The molecule has 164 valence electrons. The normalized spacial score (nSPS) is 14.7. The van der Waals surface area contributed by atoms with Crippen molar-refractivity contribution in [1.82, 2.24) is 19.9 Å². The lowest BCUT2D eigenvalue weighted by molar-refractivity contribution is 0.0635. The number of carbonyl (C=O) groups is 1. The highest BCUT2D eigenvalue weighted by Crippen LogP contribution is 2.22. The van der Waals surface area contributed by atoms with Gasteiger partial charge in [0.15, 0.2) is 0 Å². The number of carbonyl (C=O) groups excluding carboxylic acids is 1. The van der Waals surface area contributed by atoms with Gasteiger partial charge in [0.1, 0.15) is 5.75 Å². The molecule has 8 heteroatoms. The van der Waals surface area contributed by atoms with Crippen molar-refractivity contribution >= 4 is 17.2 Å². The highest BCUT2D eigenvalue weighted by Gasteiger charge is 2.22. The van der Waals surface area contributed by atoms with Crippen molar-refractivity contribution in [3.05, 3.63) is 52.7 Å². The molecule has 0 N–H and O–H groups in total. The summed E-state index contributed by atoms with van der Waals surface area (Å²) >= 11 is 1.61. The number of aromatic nitrogens is 2. The number of piperazine rings is 1. The van der Waals surface area contributed by atoms with Crippen LogP contribution in [0.3, 0.4) is 0 Å². The predicted octanol–water partition coefficient (Wildman–Crippen LogP) is 3.90. The summed E-state index contributed by atoms with van der Waals surface area (Å²) in [5, 5.41) is 6.07. The first kappa shape index (κ1) is 21.5. The van der Waals surface area contributed by atoms with Crippen molar-refractivity contribution in [3.8, 4) is 16.5 Å². The molecule has 2 aromatic heterocycles. The fourth-order valence-electron chi connectivity index (χ4n) is 3.77. The van der Waals surface area contributed by atoms with Gasteiger partial charge >= 0.3 is 0 Å². The zero-order valence-electron chi connectivity index (χ0n) is 18.0. The predicted molar refractivity (Wildman–Crippen MR) is 121 cm³/mol. The quantitative estimate of drug-likeness (QED) is 0.529. The number of benzene rings is 1. The number of thiophene rings is 1. The van der Waals surface area contributed by atoms with E-state index in [0.29, 0.717) is 18.3 Å². The average molecular weight is 441 g/mol. The molecule has 0 bridgehead atoms. The van der Waals surface area contributed by atoms with Crippen LogP contribution < -0.4 is 4.74 Å². The van der Waals surface area contributed by atoms with Crippen LogP contribution in [0, 0.1) is 6.92 Å². The summed E-state index contributed by atoms with van der Waals surface area (Å²) in [7, 11) is 0. The Bertz CT molecular complexity index is 994. The Kier molecular flexibility index (Phi) is 6.99. The van der Waals surface area contributed by atoms with E-state index in [1.807, 2.05) is 54.5 Å². The first-order valence-corrected chi connectivity index (χ1v) is 11.6. The molecule has 0 unspecified atom stereocenters. The molecule has 31 heavy (non-hydrogen) atoms. The van der Waals surface area contributed by atoms with Crippen LogP contribution in [0.2, 0.25) is 0 Å². The van der Waals surface area contributed by atoms with E-state index in [2.05, 4.69) is 15.0 Å². The molecule has 0 aliphatic carbocycles. The van der Waals surface area contributed by atoms with Crippen LogP contribution in [0.4, 0.5) is 0 Å². The van der Waals surface area contributed by atoms with Crippen LogP contribution in [0.5, 0.6) is 5.75 Å². The van der Waals surface area contributed by atoms with E-state index >= 15 is 0 Å². The molecule has 1 aliphatic heterocycles. The van der Waals surface area contributed by atoms with E-state index < -0.39 is 0 Å². The smallest absolute Gasteiger partial charge is 0.253 e. The Morgan fingerprint density at radius 1 is 1.23 bits per heavy atom. The number of nitrogens with zero attached hydrogens (tertiary/aromatic N) is 4. The molecule has 0 atom stereocenters. The number of hydrogen-bond acceptors (Lipinski definition) is 7. The second-order valence-electron chi connectivity index (χ2n) is 7.64. The Hall–Kier alpha value is -2.71. The van der Waals surface area contributed by atoms with E-state index in [0.717, 1.165) is 67.3 Å². The maximum atomic E-state index is 12.9. The largest absolute Gasteiger partial charge is 0.494 e. The molecule has 4 rings (SSSR count). The van der Waals surface area contributed by atoms with E-state index in [-0.39, 0.29) is 5.91 Å². The summed E-state index contributed by atoms with van der Waals surface area (Å²) in [4.78, 5) is 22.7. The van der Waals surface area contributed by atoms with E-state index in [4.69, 9.17) is 9.26 Å². The summed E-state index contributed by atoms with van der Waals surface area (Å²) in [5.74, 6) is 2.29. The monoisotopic (exact) mass is 440 g/mol. The van der Waals surface area contributed by atoms with Gasteiger partial charge in [-0.1, -0.05) is 11.2 Å². The summed E-state index contributed by atoms with van der Waals surface area (Å²) in [6.45, 7) is 8.77. The van der Waals surface area contributed by atoms with Crippen molar-refractivity contribution in [2.75, 3.05) is 39.3 Å². The first-order chi connectivity index (χ1) is 15.1. The fraction of sp³-hybridized carbons (Fsp3) is 0.435. The molecule has 0 spiro atoms. The third-order valence-electron chi connectivity index (χ3n) is 5.46. The molecular formula is C23H28N4O3S. The molecular weight excluding hydrogens is 412 g/mol. The third-order valence-corrected chi connectivity index (χ3v) is 6.32. The molecule has 1 aliphatic rings. The lowest BCUT2D eigenvalue weighted by Gasteiger charge is -2.34. The molecule has 3 aromatic rings. The van der Waals surface area contributed by atoms with Crippen LogP contribution in [0.15, 0.2) is 40.2 Å². The number of hydrogen-bond donors (Lipinski definition) is 0. The summed E-state index contributed by atoms with van der Waals surface area (Å²) in [5.41, 5.74) is 1.72. The maximum absolute atomic E-state index is 12.9. The van der Waals surface area contributed by atoms with E-state index in [9.17, 15) is 4.79 Å². The minimum atomic E-state index is 0.0952. The Balaban J connectivity index is 1.22. The number of amides is 1. The van der Waals surface area contributed by atoms with Gasteiger partial charge in [0, 0.05) is 38.2 Å². The summed E-state index contributed by atoms with van der Waals surface area (Å²) in [6, 6.07) is 9.66. The average Bonchev–Trinajstić information content (AvgIpc) is 3.47. The van der Waals surface area contributed by atoms with E-state index in [1.165, 1.54) is 0 Å². The number of ether oxygens (including phenoxy) is 1. The third kappa shape index (κ3) is 5.32. The lowest BCUT2D eigenvalue weighted by atomic mass is 10.1. The van der Waals surface area contributed by atoms with Gasteiger partial charge in [-0.15, -0.1) is 11.3 Å². The van der Waals surface area contributed by atoms with Gasteiger partial charge in [-0.05, 0) is 62.0 Å². The zero-order valence-corrected chi connectivity index (χ0v) is 18.9. The standard InChI is InChI=1S/C23H28N4O3S/c1-3-29-19-9-8-18(16-17(19)2)23(28)27-13-11-26(12-14-27)10-4-7-21-24-22(25-30-21)20-6-5-15-31-20/h5-6,8-9,15-16H,3-4,7,10-14H2,1-2H3. The topological polar surface area (TPSA) is 71.7 Å². The minimum Gasteiger partial charge on any atom is -0.494 e. The van der Waals surface area contributed by atoms with Crippen LogP contribution in [-0.2, 0) is 6.42 Å². The van der Waals surface area contributed by atoms with Crippen molar-refractivity contribution in [2.45, 2.75) is 26.7 Å². The highest BCUT2D eigenvalue weighted by molar-refractivity contribution is 7.13. The van der Waals surface area contributed by atoms with Crippen LogP contribution in [0.25, 0.3) is 10.7 Å². The Labute approximate surface area is 186 Å². The van der Waals surface area contributed by atoms with Gasteiger partial charge in [0.25, 0.3) is 5.91 Å². The fourth-order valence-corrected chi connectivity index (χ4v) is 4.42. The molecule has 1 amide bonds. The number of rotatable bonds is 8. The minimum absolute atomic E-state index is 0.0952. The van der Waals surface area contributed by atoms with Crippen molar-refractivity contribution < 1.29 is 14.1 Å². The maximum Gasteiger partial charge on any atom is 0.253 e. The summed E-state index contributed by atoms with van der Waals surface area (Å²) in [6.07, 6.45) is 1.72. The second kappa shape index (κ2) is 10.1. The van der Waals surface area contributed by atoms with Crippen molar-refractivity contribution in [1.29, 1.82) is 0 Å². The van der Waals surface area contributed by atoms with Crippen molar-refractivity contribution in [3.63, 3.8) is 0 Å². The summed E-state index contributed by atoms with van der Waals surface area (Å²) < 4.78 is 10.9. The van der Waals surface area contributed by atoms with Crippen LogP contribution in [0.1, 0.15) is 35.2 Å². The SMILES string of the molecule is CCOc1ccc(C(=O)N2CCN(CCCc3nc(-c4cccs4)no3)CC2)cc1C. The van der Waals surface area contributed by atoms with Crippen LogP contribution in [-0.4, -0.2) is 65.2 Å². The Morgan fingerprint density at radius 2 is 2.06 bits per heavy atom. The van der Waals surface area contributed by atoms with Gasteiger partial charge in [0.05, 0.1) is 11.5 Å². The van der Waals surface area contributed by atoms with Crippen molar-refractivity contribution in [2.24, 2.45) is 0 Å². The molecule has 0 saturated carbocycles. The van der Waals surface area contributed by atoms with Gasteiger partial charge < -0.3 is 14.2 Å². The van der Waals surface area contributed by atoms with Gasteiger partial charge in [-0.25, -0.2) is 0 Å². The van der Waals surface area contributed by atoms with Crippen LogP contribution >= 0.6 is 11.3 Å². The number of aryl methyl sites for hydroxylation is 2. The zero-order chi connectivity index (χ0) is 21.6. The first-order valence-electron chi connectivity index (χ1n) is 10.8. The molecule has 3 heterocycles. The molecule has 1 aromatic carbocycles. The second-order valence-corrected chi connectivity index (χ2v) is 8.59. The van der Waals surface area contributed by atoms with Gasteiger partial charge in [-0.2, -0.15) is 4.98 Å². The molecule has 1 saturated heterocycles. The van der Waals surface area contributed by atoms with E-state index in [1.54, 1.807) is 11.3 Å². The lowest BCUT2D eigenvalue weighted by Crippen LogP contribution is -2.48. The van der Waals surface area contributed by atoms with Gasteiger partial charge in [0.2, 0.25) is 11.7 Å².